The number of halogens is 1. The average molecular weight is 368 g/mol. The maximum atomic E-state index is 10.8. The van der Waals surface area contributed by atoms with Crippen LogP contribution in [0, 0.1) is 5.92 Å². The number of aliphatic carboxylic acids is 1. The van der Waals surface area contributed by atoms with E-state index in [4.69, 9.17) is 16.7 Å². The van der Waals surface area contributed by atoms with Crippen LogP contribution in [0.25, 0.3) is 0 Å². The molecule has 1 aromatic rings. The number of aliphatic hydroxyl groups excluding tert-OH is 1. The van der Waals surface area contributed by atoms with Crippen molar-refractivity contribution in [3.8, 4) is 0 Å². The Balaban J connectivity index is 0.00000225. The summed E-state index contributed by atoms with van der Waals surface area (Å²) in [7, 11) is 0. The third-order valence-electron chi connectivity index (χ3n) is 5.47. The minimum atomic E-state index is -0.925. The van der Waals surface area contributed by atoms with Gasteiger partial charge in [0.2, 0.25) is 0 Å². The number of allylic oxidation sites excluding steroid dienone is 1. The first-order valence-corrected chi connectivity index (χ1v) is 9.02. The topological polar surface area (TPSA) is 87.5 Å². The molecular weight excluding hydrogens is 342 g/mol. The van der Waals surface area contributed by atoms with Gasteiger partial charge in [-0.2, -0.15) is 0 Å². The van der Waals surface area contributed by atoms with E-state index in [1.54, 1.807) is 0 Å². The van der Waals surface area contributed by atoms with Crippen molar-refractivity contribution < 1.29 is 25.0 Å². The number of nitrogens with zero attached hydrogens (tertiary/aromatic N) is 1. The molecule has 0 aliphatic carbocycles. The Morgan fingerprint density at radius 3 is 2.52 bits per heavy atom. The summed E-state index contributed by atoms with van der Waals surface area (Å²) in [6.07, 6.45) is 4.62. The van der Waals surface area contributed by atoms with Crippen molar-refractivity contribution in [3.63, 3.8) is 0 Å². The summed E-state index contributed by atoms with van der Waals surface area (Å²) in [6.45, 7) is 3.62. The fraction of sp³-hybridized carbons (Fsp3) is 0.526. The molecule has 3 aliphatic heterocycles. The highest BCUT2D eigenvalue weighted by Gasteiger charge is 2.43. The molecule has 4 rings (SSSR count). The van der Waals surface area contributed by atoms with E-state index in [2.05, 4.69) is 18.2 Å². The van der Waals surface area contributed by atoms with Crippen molar-refractivity contribution in [1.82, 2.24) is 0 Å². The van der Waals surface area contributed by atoms with Gasteiger partial charge in [0.15, 0.2) is 0 Å². The van der Waals surface area contributed by atoms with E-state index in [-0.39, 0.29) is 11.9 Å². The van der Waals surface area contributed by atoms with Gasteiger partial charge in [-0.3, -0.25) is 4.79 Å². The highest BCUT2D eigenvalue weighted by atomic mass is 35.5. The lowest BCUT2D eigenvalue weighted by Gasteiger charge is -2.51. The standard InChI is InChI=1S/C19H24ClNO3.H2O/c20-17-5-2-14(3-6-17)1-4-16-12-21(9-7-15(16)8-10-21)13-18(22)11-19(23)24;/h2-6,15,18,22H,1,7-13H2;1H2/b16-4+;. The first-order valence-electron chi connectivity index (χ1n) is 8.64. The normalized spacial score (nSPS) is 27.8. The van der Waals surface area contributed by atoms with Crippen molar-refractivity contribution in [1.29, 1.82) is 0 Å². The fourth-order valence-corrected chi connectivity index (χ4v) is 4.35. The van der Waals surface area contributed by atoms with Gasteiger partial charge >= 0.3 is 5.97 Å². The lowest BCUT2D eigenvalue weighted by Crippen LogP contribution is -2.61. The summed E-state index contributed by atoms with van der Waals surface area (Å²) in [5.74, 6) is -0.264. The first kappa shape index (κ1) is 19.9. The van der Waals surface area contributed by atoms with Crippen LogP contribution < -0.4 is 0 Å². The summed E-state index contributed by atoms with van der Waals surface area (Å²) in [4.78, 5) is 10.8. The minimum absolute atomic E-state index is 0. The quantitative estimate of drug-likeness (QED) is 0.597. The highest BCUT2D eigenvalue weighted by molar-refractivity contribution is 6.30. The van der Waals surface area contributed by atoms with Gasteiger partial charge in [0.05, 0.1) is 19.5 Å². The van der Waals surface area contributed by atoms with Crippen LogP contribution in [0.5, 0.6) is 0 Å². The third kappa shape index (κ3) is 5.05. The van der Waals surface area contributed by atoms with Crippen LogP contribution in [0.15, 0.2) is 35.9 Å². The lowest BCUT2D eigenvalue weighted by atomic mass is 9.80. The van der Waals surface area contributed by atoms with Gasteiger partial charge in [-0.1, -0.05) is 29.8 Å². The monoisotopic (exact) mass is 367 g/mol. The van der Waals surface area contributed by atoms with Crippen molar-refractivity contribution in [2.45, 2.75) is 31.8 Å². The second-order valence-electron chi connectivity index (χ2n) is 7.27. The zero-order chi connectivity index (χ0) is 17.2. The van der Waals surface area contributed by atoms with Crippen LogP contribution in [-0.4, -0.2) is 58.4 Å². The van der Waals surface area contributed by atoms with Gasteiger partial charge in [0.1, 0.15) is 19.2 Å². The highest BCUT2D eigenvalue weighted by Crippen LogP contribution is 2.38. The number of quaternary nitrogens is 1. The predicted molar refractivity (Wildman–Crippen MR) is 95.9 cm³/mol. The molecule has 25 heavy (non-hydrogen) atoms. The summed E-state index contributed by atoms with van der Waals surface area (Å²) in [6, 6.07) is 7.95. The van der Waals surface area contributed by atoms with Gasteiger partial charge < -0.3 is 20.2 Å². The number of carbonyl (C=O) groups is 1. The van der Waals surface area contributed by atoms with E-state index < -0.39 is 12.1 Å². The lowest BCUT2D eigenvalue weighted by molar-refractivity contribution is -0.938. The Kier molecular flexibility index (Phi) is 6.63. The number of benzene rings is 1. The number of piperidine rings is 3. The molecule has 1 atom stereocenters. The Bertz CT molecular complexity index is 621. The van der Waals surface area contributed by atoms with E-state index in [0.717, 1.165) is 48.4 Å². The molecule has 138 valence electrons. The van der Waals surface area contributed by atoms with Crippen molar-refractivity contribution in [3.05, 3.63) is 46.5 Å². The van der Waals surface area contributed by atoms with Crippen molar-refractivity contribution in [2.24, 2.45) is 5.92 Å². The molecule has 1 aromatic carbocycles. The van der Waals surface area contributed by atoms with E-state index in [1.165, 1.54) is 11.1 Å². The molecule has 5 nitrogen and oxygen atoms in total. The van der Waals surface area contributed by atoms with Crippen molar-refractivity contribution in [2.75, 3.05) is 26.2 Å². The second-order valence-corrected chi connectivity index (χ2v) is 7.70. The number of hydrogen-bond donors (Lipinski definition) is 2. The van der Waals surface area contributed by atoms with Crippen LogP contribution in [0.2, 0.25) is 5.02 Å². The number of carboxylic acids is 1. The molecule has 0 aromatic heterocycles. The van der Waals surface area contributed by atoms with Crippen molar-refractivity contribution >= 4 is 17.6 Å². The largest absolute Gasteiger partial charge is 0.870 e. The van der Waals surface area contributed by atoms with Crippen LogP contribution >= 0.6 is 11.6 Å². The van der Waals surface area contributed by atoms with Crippen LogP contribution in [0.3, 0.4) is 0 Å². The van der Waals surface area contributed by atoms with E-state index in [9.17, 15) is 9.90 Å². The maximum Gasteiger partial charge on any atom is 0.306 e. The van der Waals surface area contributed by atoms with Gasteiger partial charge in [-0.25, -0.2) is 0 Å². The maximum absolute atomic E-state index is 10.8. The molecule has 3 N–H and O–H groups in total. The number of fused-ring (bicyclic) bond motifs is 3. The predicted octanol–water partition coefficient (Wildman–Crippen LogP) is 2.71. The van der Waals surface area contributed by atoms with Crippen LogP contribution in [0.4, 0.5) is 0 Å². The Morgan fingerprint density at radius 2 is 1.92 bits per heavy atom. The zero-order valence-corrected chi connectivity index (χ0v) is 15.0. The van der Waals surface area contributed by atoms with Gasteiger partial charge in [0.25, 0.3) is 0 Å². The van der Waals surface area contributed by atoms with Gasteiger partial charge in [0, 0.05) is 17.9 Å². The Morgan fingerprint density at radius 1 is 1.28 bits per heavy atom. The molecule has 0 radical (unpaired) electrons. The molecule has 3 fully saturated rings. The number of hydrogen-bond acceptors (Lipinski definition) is 3. The summed E-state index contributed by atoms with van der Waals surface area (Å²) in [5, 5.41) is 19.7. The third-order valence-corrected chi connectivity index (χ3v) is 5.72. The van der Waals surface area contributed by atoms with Crippen LogP contribution in [-0.2, 0) is 11.2 Å². The molecule has 3 aliphatic rings. The summed E-state index contributed by atoms with van der Waals surface area (Å²) >= 11 is 5.93. The second kappa shape index (κ2) is 8.32. The first-order chi connectivity index (χ1) is 11.5. The molecule has 6 heteroatoms. The molecule has 2 bridgehead atoms. The summed E-state index contributed by atoms with van der Waals surface area (Å²) < 4.78 is 0.845. The Labute approximate surface area is 153 Å². The average Bonchev–Trinajstić information content (AvgIpc) is 2.54. The molecule has 3 heterocycles. The van der Waals surface area contributed by atoms with E-state index in [1.807, 2.05) is 12.1 Å². The number of aliphatic hydroxyl groups is 1. The van der Waals surface area contributed by atoms with E-state index >= 15 is 0 Å². The molecule has 3 saturated heterocycles. The minimum Gasteiger partial charge on any atom is -0.870 e. The fourth-order valence-electron chi connectivity index (χ4n) is 4.22. The molecule has 0 saturated carbocycles. The number of carboxylic acid groups (broad SMARTS) is 1. The molecular formula is C19H26ClNO4. The SMILES string of the molecule is O=C(O)CC(O)C[N+]12CCC(CC1)/C(=C/Cc1ccc(Cl)cc1)C2.[OH-]. The van der Waals surface area contributed by atoms with E-state index in [0.29, 0.717) is 12.5 Å². The van der Waals surface area contributed by atoms with Gasteiger partial charge in [-0.15, -0.1) is 0 Å². The zero-order valence-electron chi connectivity index (χ0n) is 14.3. The Hall–Kier alpha value is -1.40. The smallest absolute Gasteiger partial charge is 0.306 e. The summed E-state index contributed by atoms with van der Waals surface area (Å²) in [5.41, 5.74) is 2.73. The molecule has 0 spiro atoms. The number of rotatable bonds is 6. The van der Waals surface area contributed by atoms with Crippen LogP contribution in [0.1, 0.15) is 24.8 Å². The van der Waals surface area contributed by atoms with Gasteiger partial charge in [-0.05, 0) is 35.6 Å². The molecule has 1 unspecified atom stereocenters. The molecule has 0 amide bonds.